The van der Waals surface area contributed by atoms with Gasteiger partial charge in [-0.3, -0.25) is 0 Å². The van der Waals surface area contributed by atoms with Crippen molar-refractivity contribution in [2.75, 3.05) is 0 Å². The maximum absolute atomic E-state index is 12.7. The van der Waals surface area contributed by atoms with Crippen molar-refractivity contribution in [3.8, 4) is 5.75 Å². The maximum atomic E-state index is 12.7. The molecule has 0 aliphatic heterocycles. The monoisotopic (exact) mass is 306 g/mol. The van der Waals surface area contributed by atoms with Crippen LogP contribution in [-0.4, -0.2) is 3.98 Å². The number of ether oxygens (including phenoxy) is 1. The molecule has 0 aromatic heterocycles. The van der Waals surface area contributed by atoms with E-state index in [2.05, 4.69) is 15.9 Å². The summed E-state index contributed by atoms with van der Waals surface area (Å²) in [5, 5.41) is 0. The Morgan fingerprint density at radius 3 is 2.46 bits per heavy atom. The average Bonchev–Trinajstić information content (AvgIpc) is 1.94. The molecule has 0 amide bonds. The Morgan fingerprint density at radius 1 is 1.31 bits per heavy atom. The van der Waals surface area contributed by atoms with Crippen molar-refractivity contribution in [2.24, 2.45) is 0 Å². The summed E-state index contributed by atoms with van der Waals surface area (Å²) in [4.78, 5) is 0. The summed E-state index contributed by atoms with van der Waals surface area (Å²) in [5.74, 6) is -0.326. The zero-order valence-corrected chi connectivity index (χ0v) is 9.88. The van der Waals surface area contributed by atoms with Gasteiger partial charge in [-0.1, -0.05) is 0 Å². The van der Waals surface area contributed by atoms with Crippen LogP contribution in [0.15, 0.2) is 22.7 Å². The van der Waals surface area contributed by atoms with Crippen molar-refractivity contribution in [1.82, 2.24) is 0 Å². The molecule has 0 saturated carbocycles. The Kier molecular flexibility index (Phi) is 3.69. The lowest BCUT2D eigenvalue weighted by molar-refractivity contribution is 0.316. The van der Waals surface area contributed by atoms with Gasteiger partial charge in [0.2, 0.25) is 0 Å². The van der Waals surface area contributed by atoms with Crippen LogP contribution >= 0.6 is 50.7 Å². The van der Waals surface area contributed by atoms with Gasteiger partial charge >= 0.3 is 3.98 Å². The fourth-order valence-corrected chi connectivity index (χ4v) is 1.26. The molecule has 6 heteroatoms. The van der Waals surface area contributed by atoms with Gasteiger partial charge in [0, 0.05) is 6.07 Å². The summed E-state index contributed by atoms with van der Waals surface area (Å²) < 4.78 is 16.1. The molecule has 0 bridgehead atoms. The normalized spacial score (nSPS) is 11.5. The molecule has 0 atom stereocenters. The topological polar surface area (TPSA) is 9.23 Å². The first-order valence-electron chi connectivity index (χ1n) is 3.09. The third-order valence-corrected chi connectivity index (χ3v) is 2.01. The van der Waals surface area contributed by atoms with Crippen LogP contribution in [0.3, 0.4) is 0 Å². The largest absolute Gasteiger partial charge is 0.444 e. The molecule has 0 aliphatic rings. The average molecular weight is 308 g/mol. The van der Waals surface area contributed by atoms with Gasteiger partial charge in [0.15, 0.2) is 0 Å². The molecule has 0 heterocycles. The summed E-state index contributed by atoms with van der Waals surface area (Å²) in [6.45, 7) is 0. The molecule has 0 radical (unpaired) electrons. The second-order valence-corrected chi connectivity index (χ2v) is 5.15. The van der Waals surface area contributed by atoms with Gasteiger partial charge < -0.3 is 4.74 Å². The van der Waals surface area contributed by atoms with Gasteiger partial charge in [-0.05, 0) is 62.9 Å². The van der Waals surface area contributed by atoms with E-state index in [4.69, 9.17) is 39.5 Å². The van der Waals surface area contributed by atoms with Crippen LogP contribution in [0.1, 0.15) is 0 Å². The standard InChI is InChI=1S/C7H3BrCl3FO/c8-5-2-1-4(12)3-6(5)13-7(9,10)11/h1-3H. The maximum Gasteiger partial charge on any atom is 0.338 e. The van der Waals surface area contributed by atoms with Crippen molar-refractivity contribution in [1.29, 1.82) is 0 Å². The highest BCUT2D eigenvalue weighted by Gasteiger charge is 2.23. The third kappa shape index (κ3) is 3.90. The van der Waals surface area contributed by atoms with Crippen LogP contribution in [0.5, 0.6) is 5.75 Å². The van der Waals surface area contributed by atoms with Crippen molar-refractivity contribution < 1.29 is 9.13 Å². The molecule has 0 fully saturated rings. The van der Waals surface area contributed by atoms with Crippen molar-refractivity contribution in [2.45, 2.75) is 3.98 Å². The zero-order chi connectivity index (χ0) is 10.1. The van der Waals surface area contributed by atoms with Gasteiger partial charge in [-0.15, -0.1) is 0 Å². The van der Waals surface area contributed by atoms with Gasteiger partial charge in [0.1, 0.15) is 11.6 Å². The SMILES string of the molecule is Fc1ccc(Br)c(OC(Cl)(Cl)Cl)c1. The first-order chi connectivity index (χ1) is 5.88. The fourth-order valence-electron chi connectivity index (χ4n) is 0.680. The van der Waals surface area contributed by atoms with Crippen LogP contribution in [0, 0.1) is 5.82 Å². The second kappa shape index (κ2) is 4.22. The van der Waals surface area contributed by atoms with Crippen molar-refractivity contribution in [3.05, 3.63) is 28.5 Å². The Hall–Kier alpha value is 0.300. The molecular formula is C7H3BrCl3FO. The number of alkyl halides is 3. The number of halogens is 5. The van der Waals surface area contributed by atoms with E-state index in [1.807, 2.05) is 0 Å². The van der Waals surface area contributed by atoms with Crippen molar-refractivity contribution >= 4 is 50.7 Å². The van der Waals surface area contributed by atoms with E-state index in [9.17, 15) is 4.39 Å². The highest BCUT2D eigenvalue weighted by Crippen LogP contribution is 2.34. The van der Waals surface area contributed by atoms with Gasteiger partial charge in [0.05, 0.1) is 4.47 Å². The number of hydrogen-bond acceptors (Lipinski definition) is 1. The Balaban J connectivity index is 2.94. The number of benzene rings is 1. The van der Waals surface area contributed by atoms with Crippen LogP contribution in [0.4, 0.5) is 4.39 Å². The highest BCUT2D eigenvalue weighted by atomic mass is 79.9. The van der Waals surface area contributed by atoms with E-state index in [0.29, 0.717) is 4.47 Å². The minimum atomic E-state index is -1.89. The molecule has 1 aromatic rings. The predicted molar refractivity (Wildman–Crippen MR) is 55.0 cm³/mol. The highest BCUT2D eigenvalue weighted by molar-refractivity contribution is 9.10. The molecule has 72 valence electrons. The predicted octanol–water partition coefficient (Wildman–Crippen LogP) is 4.29. The van der Waals surface area contributed by atoms with Crippen molar-refractivity contribution in [3.63, 3.8) is 0 Å². The molecule has 1 nitrogen and oxygen atoms in total. The molecular weight excluding hydrogens is 305 g/mol. The van der Waals surface area contributed by atoms with E-state index in [1.54, 1.807) is 0 Å². The molecule has 1 rings (SSSR count). The molecule has 0 aliphatic carbocycles. The van der Waals surface area contributed by atoms with E-state index in [-0.39, 0.29) is 5.75 Å². The summed E-state index contributed by atoms with van der Waals surface area (Å²) in [6, 6.07) is 3.84. The fraction of sp³-hybridized carbons (Fsp3) is 0.143. The molecule has 0 saturated heterocycles. The lowest BCUT2D eigenvalue weighted by Crippen LogP contribution is -2.12. The number of hydrogen-bond donors (Lipinski definition) is 0. The first-order valence-corrected chi connectivity index (χ1v) is 5.02. The third-order valence-electron chi connectivity index (χ3n) is 1.12. The minimum absolute atomic E-state index is 0.139. The van der Waals surface area contributed by atoms with Crippen LogP contribution in [0.2, 0.25) is 0 Å². The van der Waals surface area contributed by atoms with E-state index >= 15 is 0 Å². The summed E-state index contributed by atoms with van der Waals surface area (Å²) in [6.07, 6.45) is 0. The summed E-state index contributed by atoms with van der Waals surface area (Å²) >= 11 is 19.2. The summed E-state index contributed by atoms with van der Waals surface area (Å²) in [7, 11) is 0. The van der Waals surface area contributed by atoms with Crippen LogP contribution in [-0.2, 0) is 0 Å². The Labute approximate surface area is 97.9 Å². The first kappa shape index (κ1) is 11.4. The van der Waals surface area contributed by atoms with Gasteiger partial charge in [0.25, 0.3) is 0 Å². The van der Waals surface area contributed by atoms with Crippen LogP contribution in [0.25, 0.3) is 0 Å². The molecule has 0 unspecified atom stereocenters. The lowest BCUT2D eigenvalue weighted by Gasteiger charge is -2.14. The van der Waals surface area contributed by atoms with Crippen LogP contribution < -0.4 is 4.74 Å². The Morgan fingerprint density at radius 2 is 1.92 bits per heavy atom. The number of rotatable bonds is 1. The molecule has 13 heavy (non-hydrogen) atoms. The summed E-state index contributed by atoms with van der Waals surface area (Å²) in [5.41, 5.74) is 0. The molecule has 0 spiro atoms. The Bertz CT molecular complexity index is 313. The van der Waals surface area contributed by atoms with E-state index in [1.165, 1.54) is 12.1 Å². The van der Waals surface area contributed by atoms with E-state index < -0.39 is 9.80 Å². The molecule has 0 N–H and O–H groups in total. The van der Waals surface area contributed by atoms with Gasteiger partial charge in [-0.2, -0.15) is 0 Å². The lowest BCUT2D eigenvalue weighted by atomic mass is 10.3. The second-order valence-electron chi connectivity index (χ2n) is 2.12. The zero-order valence-electron chi connectivity index (χ0n) is 6.03. The molecule has 1 aromatic carbocycles. The smallest absolute Gasteiger partial charge is 0.338 e. The quantitative estimate of drug-likeness (QED) is 0.703. The van der Waals surface area contributed by atoms with E-state index in [0.717, 1.165) is 6.07 Å². The van der Waals surface area contributed by atoms with Gasteiger partial charge in [-0.25, -0.2) is 4.39 Å². The minimum Gasteiger partial charge on any atom is -0.444 e.